The smallest absolute Gasteiger partial charge is 0.0980 e. The van der Waals surface area contributed by atoms with Crippen molar-refractivity contribution in [3.05, 3.63) is 11.8 Å². The van der Waals surface area contributed by atoms with Crippen LogP contribution in [-0.4, -0.2) is 30.7 Å². The molecule has 0 radical (unpaired) electrons. The molecule has 0 bridgehead atoms. The molecule has 1 fully saturated rings. The number of nitrogens with zero attached hydrogens (tertiary/aromatic N) is 1. The Hall–Kier alpha value is -0.540. The Morgan fingerprint density at radius 1 is 1.78 bits per heavy atom. The lowest BCUT2D eigenvalue weighted by atomic mass is 10.1. The van der Waals surface area contributed by atoms with E-state index in [0.717, 1.165) is 19.6 Å². The number of hydrogen-bond donors (Lipinski definition) is 2. The Morgan fingerprint density at radius 3 is 3.22 bits per heavy atom. The number of hydrogen-bond acceptors (Lipinski definition) is 3. The van der Waals surface area contributed by atoms with Crippen LogP contribution in [0, 0.1) is 0 Å². The van der Waals surface area contributed by atoms with E-state index in [-0.39, 0.29) is 6.17 Å². The van der Waals surface area contributed by atoms with Gasteiger partial charge in [-0.1, -0.05) is 0 Å². The first-order valence-corrected chi connectivity index (χ1v) is 3.31. The third-order valence-corrected chi connectivity index (χ3v) is 1.93. The molecule has 0 saturated carbocycles. The predicted octanol–water partition coefficient (Wildman–Crippen LogP) is -0.926. The SMILES string of the molecule is NC1C=C2CNCCN21. The van der Waals surface area contributed by atoms with Gasteiger partial charge in [-0.05, 0) is 6.08 Å². The Morgan fingerprint density at radius 2 is 2.67 bits per heavy atom. The van der Waals surface area contributed by atoms with Crippen LogP contribution in [0.15, 0.2) is 11.8 Å². The van der Waals surface area contributed by atoms with Gasteiger partial charge in [0, 0.05) is 25.3 Å². The Bertz CT molecular complexity index is 152. The predicted molar refractivity (Wildman–Crippen MR) is 35.6 cm³/mol. The summed E-state index contributed by atoms with van der Waals surface area (Å²) >= 11 is 0. The molecule has 3 N–H and O–H groups in total. The molecular weight excluding hydrogens is 114 g/mol. The second kappa shape index (κ2) is 1.72. The first kappa shape index (κ1) is 5.26. The fourth-order valence-corrected chi connectivity index (χ4v) is 1.36. The molecule has 50 valence electrons. The lowest BCUT2D eigenvalue weighted by molar-refractivity contribution is 0.216. The molecule has 1 saturated heterocycles. The van der Waals surface area contributed by atoms with Crippen molar-refractivity contribution in [2.45, 2.75) is 6.17 Å². The van der Waals surface area contributed by atoms with Gasteiger partial charge in [-0.15, -0.1) is 0 Å². The Balaban J connectivity index is 2.10. The second-order valence-corrected chi connectivity index (χ2v) is 2.52. The van der Waals surface area contributed by atoms with Crippen LogP contribution in [0.1, 0.15) is 0 Å². The summed E-state index contributed by atoms with van der Waals surface area (Å²) in [6, 6.07) is 0. The van der Waals surface area contributed by atoms with Crippen LogP contribution in [0.5, 0.6) is 0 Å². The highest BCUT2D eigenvalue weighted by molar-refractivity contribution is 5.20. The van der Waals surface area contributed by atoms with Crippen molar-refractivity contribution < 1.29 is 0 Å². The van der Waals surface area contributed by atoms with E-state index in [1.165, 1.54) is 5.70 Å². The summed E-state index contributed by atoms with van der Waals surface area (Å²) in [5.41, 5.74) is 7.02. The molecule has 0 aliphatic carbocycles. The number of nitrogens with two attached hydrogens (primary N) is 1. The van der Waals surface area contributed by atoms with E-state index in [2.05, 4.69) is 16.3 Å². The van der Waals surface area contributed by atoms with Gasteiger partial charge in [0.25, 0.3) is 0 Å². The van der Waals surface area contributed by atoms with Gasteiger partial charge in [-0.25, -0.2) is 0 Å². The molecule has 0 amide bonds. The van der Waals surface area contributed by atoms with Crippen molar-refractivity contribution in [2.75, 3.05) is 19.6 Å². The van der Waals surface area contributed by atoms with Crippen molar-refractivity contribution in [2.24, 2.45) is 5.73 Å². The average Bonchev–Trinajstić information content (AvgIpc) is 1.86. The Kier molecular flexibility index (Phi) is 1.00. The normalized spacial score (nSPS) is 32.8. The highest BCUT2D eigenvalue weighted by Crippen LogP contribution is 2.19. The number of piperazine rings is 1. The Labute approximate surface area is 54.5 Å². The van der Waals surface area contributed by atoms with E-state index in [0.29, 0.717) is 0 Å². The van der Waals surface area contributed by atoms with Crippen molar-refractivity contribution in [3.8, 4) is 0 Å². The third kappa shape index (κ3) is 0.653. The standard InChI is InChI=1S/C6H11N3/c7-6-3-5-4-8-1-2-9(5)6/h3,6,8H,1-2,4,7H2. The van der Waals surface area contributed by atoms with Crippen LogP contribution in [0.4, 0.5) is 0 Å². The summed E-state index contributed by atoms with van der Waals surface area (Å²) in [4.78, 5) is 2.23. The molecule has 2 aliphatic rings. The molecule has 2 heterocycles. The van der Waals surface area contributed by atoms with Crippen LogP contribution in [0.25, 0.3) is 0 Å². The van der Waals surface area contributed by atoms with E-state index in [1.807, 2.05) is 0 Å². The lowest BCUT2D eigenvalue weighted by Crippen LogP contribution is -2.55. The van der Waals surface area contributed by atoms with Crippen molar-refractivity contribution in [1.29, 1.82) is 0 Å². The fourth-order valence-electron chi connectivity index (χ4n) is 1.36. The van der Waals surface area contributed by atoms with Gasteiger partial charge in [-0.2, -0.15) is 0 Å². The van der Waals surface area contributed by atoms with Gasteiger partial charge < -0.3 is 16.0 Å². The molecule has 3 nitrogen and oxygen atoms in total. The van der Waals surface area contributed by atoms with Gasteiger partial charge in [0.2, 0.25) is 0 Å². The number of rotatable bonds is 0. The number of nitrogens with one attached hydrogen (secondary N) is 1. The molecule has 0 aromatic carbocycles. The average molecular weight is 125 g/mol. The molecule has 0 aromatic rings. The van der Waals surface area contributed by atoms with Crippen LogP contribution in [-0.2, 0) is 0 Å². The summed E-state index contributed by atoms with van der Waals surface area (Å²) in [6.07, 6.45) is 2.31. The van der Waals surface area contributed by atoms with Crippen LogP contribution >= 0.6 is 0 Å². The maximum absolute atomic E-state index is 5.65. The van der Waals surface area contributed by atoms with E-state index >= 15 is 0 Å². The summed E-state index contributed by atoms with van der Waals surface area (Å²) in [7, 11) is 0. The zero-order valence-corrected chi connectivity index (χ0v) is 5.30. The van der Waals surface area contributed by atoms with Crippen LogP contribution in [0.3, 0.4) is 0 Å². The molecule has 9 heavy (non-hydrogen) atoms. The van der Waals surface area contributed by atoms with E-state index in [1.54, 1.807) is 0 Å². The first-order chi connectivity index (χ1) is 4.38. The second-order valence-electron chi connectivity index (χ2n) is 2.52. The van der Waals surface area contributed by atoms with E-state index in [9.17, 15) is 0 Å². The molecule has 1 atom stereocenters. The molecule has 0 spiro atoms. The van der Waals surface area contributed by atoms with Crippen LogP contribution in [0.2, 0.25) is 0 Å². The van der Waals surface area contributed by atoms with E-state index < -0.39 is 0 Å². The molecular formula is C6H11N3. The molecule has 2 aliphatic heterocycles. The topological polar surface area (TPSA) is 41.3 Å². The summed E-state index contributed by atoms with van der Waals surface area (Å²) in [6.45, 7) is 3.16. The van der Waals surface area contributed by atoms with Crippen LogP contribution < -0.4 is 11.1 Å². The highest BCUT2D eigenvalue weighted by atomic mass is 15.3. The molecule has 0 aromatic heterocycles. The first-order valence-electron chi connectivity index (χ1n) is 3.31. The summed E-state index contributed by atoms with van der Waals surface area (Å²) < 4.78 is 0. The van der Waals surface area contributed by atoms with Crippen molar-refractivity contribution >= 4 is 0 Å². The molecule has 2 rings (SSSR count). The summed E-state index contributed by atoms with van der Waals surface area (Å²) in [5, 5.41) is 3.27. The maximum Gasteiger partial charge on any atom is 0.0980 e. The van der Waals surface area contributed by atoms with E-state index in [4.69, 9.17) is 5.73 Å². The maximum atomic E-state index is 5.65. The number of fused-ring (bicyclic) bond motifs is 1. The van der Waals surface area contributed by atoms with Gasteiger partial charge in [0.15, 0.2) is 0 Å². The van der Waals surface area contributed by atoms with Gasteiger partial charge in [-0.3, -0.25) is 0 Å². The molecule has 3 heteroatoms. The monoisotopic (exact) mass is 125 g/mol. The minimum Gasteiger partial charge on any atom is -0.354 e. The van der Waals surface area contributed by atoms with Crippen molar-refractivity contribution in [1.82, 2.24) is 10.2 Å². The third-order valence-electron chi connectivity index (χ3n) is 1.93. The highest BCUT2D eigenvalue weighted by Gasteiger charge is 2.26. The zero-order chi connectivity index (χ0) is 6.27. The largest absolute Gasteiger partial charge is 0.354 e. The molecule has 1 unspecified atom stereocenters. The van der Waals surface area contributed by atoms with Gasteiger partial charge in [0.1, 0.15) is 0 Å². The van der Waals surface area contributed by atoms with Crippen molar-refractivity contribution in [3.63, 3.8) is 0 Å². The lowest BCUT2D eigenvalue weighted by Gasteiger charge is -2.43. The zero-order valence-electron chi connectivity index (χ0n) is 5.30. The minimum absolute atomic E-state index is 0.210. The van der Waals surface area contributed by atoms with Gasteiger partial charge in [0.05, 0.1) is 6.17 Å². The quantitative estimate of drug-likeness (QED) is 0.439. The minimum atomic E-state index is 0.210. The summed E-state index contributed by atoms with van der Waals surface area (Å²) in [5.74, 6) is 0. The fraction of sp³-hybridized carbons (Fsp3) is 0.667. The van der Waals surface area contributed by atoms with Gasteiger partial charge >= 0.3 is 0 Å².